The van der Waals surface area contributed by atoms with Gasteiger partial charge in [0.1, 0.15) is 10.7 Å². The van der Waals surface area contributed by atoms with Crippen LogP contribution in [0.1, 0.15) is 30.1 Å². The van der Waals surface area contributed by atoms with Gasteiger partial charge in [-0.25, -0.2) is 4.98 Å². The molecular formula is C17H15Br3N2OS. The number of aromatic nitrogens is 2. The summed E-state index contributed by atoms with van der Waals surface area (Å²) in [5.41, 5.74) is 1.06. The van der Waals surface area contributed by atoms with E-state index in [1.54, 1.807) is 4.57 Å². The van der Waals surface area contributed by atoms with E-state index in [-0.39, 0.29) is 10.4 Å². The first kappa shape index (κ1) is 18.3. The quantitative estimate of drug-likeness (QED) is 0.378. The smallest absolute Gasteiger partial charge is 0.263 e. The highest BCUT2D eigenvalue weighted by Gasteiger charge is 2.23. The summed E-state index contributed by atoms with van der Waals surface area (Å²) in [4.78, 5) is 18.7. The molecule has 1 aromatic carbocycles. The van der Waals surface area contributed by atoms with Crippen LogP contribution in [-0.4, -0.2) is 9.55 Å². The zero-order valence-corrected chi connectivity index (χ0v) is 18.7. The molecule has 0 bridgehead atoms. The summed E-state index contributed by atoms with van der Waals surface area (Å²) in [6.45, 7) is 4.73. The lowest BCUT2D eigenvalue weighted by atomic mass is 10.1. The van der Waals surface area contributed by atoms with Crippen LogP contribution >= 0.6 is 59.1 Å². The van der Waals surface area contributed by atoms with Crippen LogP contribution in [0, 0.1) is 5.92 Å². The van der Waals surface area contributed by atoms with Crippen molar-refractivity contribution in [1.29, 1.82) is 0 Å². The molecule has 0 fully saturated rings. The van der Waals surface area contributed by atoms with E-state index in [1.807, 2.05) is 30.3 Å². The zero-order chi connectivity index (χ0) is 17.4. The number of hydrogen-bond donors (Lipinski definition) is 0. The van der Waals surface area contributed by atoms with E-state index in [0.717, 1.165) is 24.5 Å². The average Bonchev–Trinajstić information content (AvgIpc) is 2.85. The van der Waals surface area contributed by atoms with E-state index in [0.29, 0.717) is 17.8 Å². The molecule has 0 aliphatic rings. The predicted octanol–water partition coefficient (Wildman–Crippen LogP) is 6.12. The molecule has 0 amide bonds. The molecule has 0 unspecified atom stereocenters. The molecule has 1 atom stereocenters. The first-order valence-electron chi connectivity index (χ1n) is 7.46. The number of hydrogen-bond acceptors (Lipinski definition) is 3. The molecule has 0 spiro atoms. The Bertz CT molecular complexity index is 934. The van der Waals surface area contributed by atoms with Gasteiger partial charge in [0.2, 0.25) is 0 Å². The molecule has 0 N–H and O–H groups in total. The van der Waals surface area contributed by atoms with Crippen molar-refractivity contribution < 1.29 is 0 Å². The maximum Gasteiger partial charge on any atom is 0.263 e. The van der Waals surface area contributed by atoms with Gasteiger partial charge < -0.3 is 0 Å². The highest BCUT2D eigenvalue weighted by atomic mass is 79.9. The van der Waals surface area contributed by atoms with Crippen molar-refractivity contribution in [3.63, 3.8) is 0 Å². The van der Waals surface area contributed by atoms with Gasteiger partial charge in [0, 0.05) is 0 Å². The van der Waals surface area contributed by atoms with E-state index in [1.165, 1.54) is 11.3 Å². The number of benzene rings is 1. The lowest BCUT2D eigenvalue weighted by Gasteiger charge is -2.19. The molecule has 0 aliphatic heterocycles. The number of alkyl halides is 1. The van der Waals surface area contributed by atoms with Gasteiger partial charge in [-0.15, -0.1) is 11.3 Å². The van der Waals surface area contributed by atoms with Gasteiger partial charge in [-0.1, -0.05) is 60.1 Å². The van der Waals surface area contributed by atoms with E-state index in [9.17, 15) is 4.79 Å². The molecule has 0 radical (unpaired) electrons. The van der Waals surface area contributed by atoms with Gasteiger partial charge >= 0.3 is 0 Å². The Kier molecular flexibility index (Phi) is 5.64. The lowest BCUT2D eigenvalue weighted by molar-refractivity contribution is 0.569. The Morgan fingerprint density at radius 1 is 1.21 bits per heavy atom. The largest absolute Gasteiger partial charge is 0.291 e. The number of fused-ring (bicyclic) bond motifs is 1. The monoisotopic (exact) mass is 532 g/mol. The number of halogens is 3. The van der Waals surface area contributed by atoms with Crippen molar-refractivity contribution in [2.45, 2.75) is 25.2 Å². The summed E-state index contributed by atoms with van der Waals surface area (Å²) in [5.74, 6) is 1.09. The maximum absolute atomic E-state index is 13.2. The summed E-state index contributed by atoms with van der Waals surface area (Å²) in [6, 6.07) is 9.99. The van der Waals surface area contributed by atoms with Crippen LogP contribution in [0.15, 0.2) is 43.4 Å². The molecule has 0 saturated carbocycles. The van der Waals surface area contributed by atoms with Gasteiger partial charge in [-0.05, 0) is 43.3 Å². The minimum absolute atomic E-state index is 0.0120. The zero-order valence-electron chi connectivity index (χ0n) is 13.1. The second kappa shape index (κ2) is 7.40. The van der Waals surface area contributed by atoms with Gasteiger partial charge in [0.05, 0.1) is 25.0 Å². The highest BCUT2D eigenvalue weighted by molar-refractivity contribution is 9.13. The first-order valence-corrected chi connectivity index (χ1v) is 10.8. The normalized spacial score (nSPS) is 12.9. The van der Waals surface area contributed by atoms with Crippen LogP contribution in [0.25, 0.3) is 10.2 Å². The summed E-state index contributed by atoms with van der Waals surface area (Å²) >= 11 is 12.2. The standard InChI is InChI=1S/C17H15Br3N2OS/c1-9(2)12(18)15-21-16-11(13(19)14(20)24-16)17(23)22(15)8-10-6-4-3-5-7-10/h3-7,9,12H,8H2,1-2H3/t12-/m1/s1. The highest BCUT2D eigenvalue weighted by Crippen LogP contribution is 2.38. The molecule has 3 rings (SSSR count). The SMILES string of the molecule is CC(C)[C@@H](Br)c1nc2sc(Br)c(Br)c2c(=O)n1Cc1ccccc1. The van der Waals surface area contributed by atoms with Gasteiger partial charge in [0.25, 0.3) is 5.56 Å². The van der Waals surface area contributed by atoms with Crippen LogP contribution in [0.2, 0.25) is 0 Å². The fourth-order valence-electron chi connectivity index (χ4n) is 2.47. The predicted molar refractivity (Wildman–Crippen MR) is 111 cm³/mol. The summed E-state index contributed by atoms with van der Waals surface area (Å²) in [6.07, 6.45) is 0. The number of nitrogens with zero attached hydrogens (tertiary/aromatic N) is 2. The Labute approximate surface area is 169 Å². The van der Waals surface area contributed by atoms with Crippen molar-refractivity contribution in [3.05, 3.63) is 60.3 Å². The topological polar surface area (TPSA) is 34.9 Å². The molecule has 0 saturated heterocycles. The molecular weight excluding hydrogens is 520 g/mol. The van der Waals surface area contributed by atoms with E-state index < -0.39 is 0 Å². The van der Waals surface area contributed by atoms with Crippen molar-refractivity contribution >= 4 is 69.3 Å². The van der Waals surface area contributed by atoms with Crippen LogP contribution in [-0.2, 0) is 6.54 Å². The van der Waals surface area contributed by atoms with Crippen molar-refractivity contribution in [2.75, 3.05) is 0 Å². The minimum Gasteiger partial charge on any atom is -0.291 e. The van der Waals surface area contributed by atoms with E-state index >= 15 is 0 Å². The lowest BCUT2D eigenvalue weighted by Crippen LogP contribution is -2.27. The second-order valence-corrected chi connectivity index (χ2v) is 9.96. The summed E-state index contributed by atoms with van der Waals surface area (Å²) < 4.78 is 3.45. The van der Waals surface area contributed by atoms with Gasteiger partial charge in [0.15, 0.2) is 0 Å². The number of rotatable bonds is 4. The van der Waals surface area contributed by atoms with Crippen LogP contribution in [0.5, 0.6) is 0 Å². The van der Waals surface area contributed by atoms with E-state index in [4.69, 9.17) is 4.98 Å². The molecule has 0 aliphatic carbocycles. The Morgan fingerprint density at radius 3 is 2.50 bits per heavy atom. The van der Waals surface area contributed by atoms with Crippen molar-refractivity contribution in [1.82, 2.24) is 9.55 Å². The third-order valence-electron chi connectivity index (χ3n) is 3.76. The molecule has 3 aromatic rings. The van der Waals surface area contributed by atoms with Crippen LogP contribution in [0.4, 0.5) is 0 Å². The molecule has 7 heteroatoms. The first-order chi connectivity index (χ1) is 11.4. The Hall–Kier alpha value is -0.500. The maximum atomic E-state index is 13.2. The third-order valence-corrected chi connectivity index (χ3v) is 8.57. The van der Waals surface area contributed by atoms with Crippen LogP contribution < -0.4 is 5.56 Å². The van der Waals surface area contributed by atoms with E-state index in [2.05, 4.69) is 61.6 Å². The molecule has 3 nitrogen and oxygen atoms in total. The van der Waals surface area contributed by atoms with Gasteiger partial charge in [-0.2, -0.15) is 0 Å². The molecule has 24 heavy (non-hydrogen) atoms. The Balaban J connectivity index is 2.26. The minimum atomic E-state index is -0.0159. The fraction of sp³-hybridized carbons (Fsp3) is 0.294. The van der Waals surface area contributed by atoms with Crippen LogP contribution in [0.3, 0.4) is 0 Å². The molecule has 2 aromatic heterocycles. The van der Waals surface area contributed by atoms with Crippen molar-refractivity contribution in [3.8, 4) is 0 Å². The second-order valence-electron chi connectivity index (χ2n) is 5.86. The Morgan fingerprint density at radius 2 is 1.88 bits per heavy atom. The average molecular weight is 535 g/mol. The van der Waals surface area contributed by atoms with Crippen molar-refractivity contribution in [2.24, 2.45) is 5.92 Å². The summed E-state index contributed by atoms with van der Waals surface area (Å²) in [7, 11) is 0. The molecule has 126 valence electrons. The third kappa shape index (κ3) is 3.41. The fourth-order valence-corrected chi connectivity index (χ4v) is 5.00. The summed E-state index contributed by atoms with van der Waals surface area (Å²) in [5, 5.41) is 0.634. The number of thiophene rings is 1. The van der Waals surface area contributed by atoms with Gasteiger partial charge in [-0.3, -0.25) is 9.36 Å². The molecule has 2 heterocycles.